The van der Waals surface area contributed by atoms with Crippen LogP contribution in [0.15, 0.2) is 47.6 Å². The molecule has 1 amide bonds. The molecular formula is C31H42ClN7O4S. The zero-order valence-electron chi connectivity index (χ0n) is 26.1. The molecule has 13 heteroatoms. The van der Waals surface area contributed by atoms with Gasteiger partial charge in [0.05, 0.1) is 12.2 Å². The molecule has 3 aromatic rings. The molecule has 1 saturated carbocycles. The number of ether oxygens (including phenoxy) is 1. The Balaban J connectivity index is 1.16. The Hall–Kier alpha value is -3.22. The van der Waals surface area contributed by atoms with Gasteiger partial charge in [-0.1, -0.05) is 45.4 Å². The number of sulfonamides is 1. The zero-order valence-corrected chi connectivity index (χ0v) is 27.7. The standard InChI is InChI=1S/C31H42ClN7O4S/c1-29(2)17-20(18-34-29)9-8-15-33-23-10-7-11-26(35-23)44(41,42)38-28(40)21-12-13-24(36-27(21)32)39-16-14-25(37-39)43-19-22-30(3,4)31(22,5)6/h7,10-14,16,20,22,34H,8-9,15,17-19H2,1-6H3,(H,33,35)(H,38,40)/t20-/m0/s1. The number of anilines is 1. The number of hydrogen-bond acceptors (Lipinski definition) is 9. The van der Waals surface area contributed by atoms with Crippen LogP contribution >= 0.6 is 11.6 Å². The molecule has 0 unspecified atom stereocenters. The van der Waals surface area contributed by atoms with Crippen molar-refractivity contribution in [2.45, 2.75) is 71.4 Å². The number of aromatic nitrogens is 4. The molecule has 5 rings (SSSR count). The first-order chi connectivity index (χ1) is 20.6. The fourth-order valence-electron chi connectivity index (χ4n) is 6.14. The lowest BCUT2D eigenvalue weighted by Crippen LogP contribution is -2.31. The average molecular weight is 644 g/mol. The minimum Gasteiger partial charge on any atom is -0.476 e. The molecule has 0 spiro atoms. The summed E-state index contributed by atoms with van der Waals surface area (Å²) in [5.41, 5.74) is 0.488. The predicted octanol–water partition coefficient (Wildman–Crippen LogP) is 5.08. The van der Waals surface area contributed by atoms with Crippen LogP contribution in [0.2, 0.25) is 5.15 Å². The van der Waals surface area contributed by atoms with Crippen LogP contribution in [-0.4, -0.2) is 59.3 Å². The Labute approximate surface area is 264 Å². The lowest BCUT2D eigenvalue weighted by atomic mass is 9.94. The molecule has 1 aliphatic heterocycles. The summed E-state index contributed by atoms with van der Waals surface area (Å²) in [6.45, 7) is 15.6. The predicted molar refractivity (Wildman–Crippen MR) is 170 cm³/mol. The summed E-state index contributed by atoms with van der Waals surface area (Å²) in [4.78, 5) is 21.4. The summed E-state index contributed by atoms with van der Waals surface area (Å²) in [6.07, 6.45) is 4.82. The minimum absolute atomic E-state index is 0.0975. The van der Waals surface area contributed by atoms with Crippen molar-refractivity contribution in [2.24, 2.45) is 22.7 Å². The van der Waals surface area contributed by atoms with Crippen LogP contribution in [0.3, 0.4) is 0 Å². The highest BCUT2D eigenvalue weighted by Crippen LogP contribution is 2.68. The smallest absolute Gasteiger partial charge is 0.281 e. The van der Waals surface area contributed by atoms with Crippen LogP contribution in [0.4, 0.5) is 5.82 Å². The molecule has 2 aliphatic rings. The molecule has 0 bridgehead atoms. The molecule has 0 radical (unpaired) electrons. The van der Waals surface area contributed by atoms with E-state index in [4.69, 9.17) is 16.3 Å². The van der Waals surface area contributed by atoms with Gasteiger partial charge in [0.15, 0.2) is 10.8 Å². The Morgan fingerprint density at radius 3 is 2.50 bits per heavy atom. The summed E-state index contributed by atoms with van der Waals surface area (Å²) in [7, 11) is -4.27. The van der Waals surface area contributed by atoms with Crippen molar-refractivity contribution in [1.29, 1.82) is 0 Å². The minimum atomic E-state index is -4.27. The van der Waals surface area contributed by atoms with Gasteiger partial charge in [0.1, 0.15) is 11.0 Å². The number of amides is 1. The summed E-state index contributed by atoms with van der Waals surface area (Å²) in [6, 6.07) is 9.27. The van der Waals surface area contributed by atoms with Gasteiger partial charge < -0.3 is 15.4 Å². The Bertz CT molecular complexity index is 1620. The van der Waals surface area contributed by atoms with E-state index in [-0.39, 0.29) is 32.1 Å². The van der Waals surface area contributed by atoms with Crippen LogP contribution in [0.5, 0.6) is 5.88 Å². The van der Waals surface area contributed by atoms with Crippen LogP contribution < -0.4 is 20.1 Å². The number of nitrogens with zero attached hydrogens (tertiary/aromatic N) is 4. The molecule has 44 heavy (non-hydrogen) atoms. The lowest BCUT2D eigenvalue weighted by Gasteiger charge is -2.17. The van der Waals surface area contributed by atoms with Crippen molar-refractivity contribution in [3.63, 3.8) is 0 Å². The van der Waals surface area contributed by atoms with Gasteiger partial charge in [-0.15, -0.1) is 5.10 Å². The molecule has 3 N–H and O–H groups in total. The van der Waals surface area contributed by atoms with Crippen molar-refractivity contribution in [2.75, 3.05) is 25.0 Å². The van der Waals surface area contributed by atoms with Gasteiger partial charge in [-0.25, -0.2) is 19.4 Å². The number of carbonyl (C=O) groups is 1. The van der Waals surface area contributed by atoms with Crippen LogP contribution in [0.25, 0.3) is 5.82 Å². The molecule has 1 atom stereocenters. The molecular weight excluding hydrogens is 602 g/mol. The fourth-order valence-corrected chi connectivity index (χ4v) is 7.31. The van der Waals surface area contributed by atoms with E-state index < -0.39 is 15.9 Å². The first kappa shape index (κ1) is 32.2. The van der Waals surface area contributed by atoms with Gasteiger partial charge in [0.2, 0.25) is 5.88 Å². The molecule has 4 heterocycles. The Morgan fingerprint density at radius 2 is 1.84 bits per heavy atom. The molecule has 1 aliphatic carbocycles. The lowest BCUT2D eigenvalue weighted by molar-refractivity contribution is 0.0981. The largest absolute Gasteiger partial charge is 0.476 e. The summed E-state index contributed by atoms with van der Waals surface area (Å²) < 4.78 is 35.5. The fraction of sp³-hybridized carbons (Fsp3) is 0.548. The number of rotatable bonds is 12. The maximum Gasteiger partial charge on any atom is 0.281 e. The van der Waals surface area contributed by atoms with Gasteiger partial charge in [0.25, 0.3) is 15.9 Å². The van der Waals surface area contributed by atoms with Gasteiger partial charge in [0, 0.05) is 30.3 Å². The van der Waals surface area contributed by atoms with Crippen molar-refractivity contribution >= 4 is 33.3 Å². The van der Waals surface area contributed by atoms with Crippen molar-refractivity contribution in [3.05, 3.63) is 53.3 Å². The second kappa shape index (κ2) is 11.9. The van der Waals surface area contributed by atoms with E-state index in [0.29, 0.717) is 42.5 Å². The van der Waals surface area contributed by atoms with Crippen LogP contribution in [0.1, 0.15) is 71.2 Å². The second-order valence-corrected chi connectivity index (χ2v) is 15.6. The third-order valence-electron chi connectivity index (χ3n) is 9.59. The molecule has 1 saturated heterocycles. The highest BCUT2D eigenvalue weighted by molar-refractivity contribution is 7.90. The van der Waals surface area contributed by atoms with Gasteiger partial charge in [-0.3, -0.25) is 4.79 Å². The Morgan fingerprint density at radius 1 is 1.09 bits per heavy atom. The molecule has 238 valence electrons. The normalized spacial score (nSPS) is 20.3. The average Bonchev–Trinajstić information content (AvgIpc) is 3.37. The van der Waals surface area contributed by atoms with E-state index in [0.717, 1.165) is 25.8 Å². The highest BCUT2D eigenvalue weighted by Gasteiger charge is 2.64. The van der Waals surface area contributed by atoms with E-state index in [9.17, 15) is 13.2 Å². The molecule has 11 nitrogen and oxygen atoms in total. The topological polar surface area (TPSA) is 140 Å². The summed E-state index contributed by atoms with van der Waals surface area (Å²) in [5.74, 6) is 1.36. The summed E-state index contributed by atoms with van der Waals surface area (Å²) >= 11 is 6.32. The van der Waals surface area contributed by atoms with E-state index >= 15 is 0 Å². The van der Waals surface area contributed by atoms with Crippen molar-refractivity contribution in [3.8, 4) is 11.7 Å². The quantitative estimate of drug-likeness (QED) is 0.182. The van der Waals surface area contributed by atoms with Crippen molar-refractivity contribution < 1.29 is 17.9 Å². The van der Waals surface area contributed by atoms with Gasteiger partial charge in [-0.2, -0.15) is 8.42 Å². The van der Waals surface area contributed by atoms with E-state index in [1.165, 1.54) is 22.9 Å². The van der Waals surface area contributed by atoms with Crippen LogP contribution in [0, 0.1) is 22.7 Å². The third kappa shape index (κ3) is 6.87. The monoisotopic (exact) mass is 643 g/mol. The first-order valence-corrected chi connectivity index (χ1v) is 16.8. The molecule has 2 fully saturated rings. The van der Waals surface area contributed by atoms with Crippen LogP contribution in [-0.2, 0) is 10.0 Å². The number of nitrogens with one attached hydrogen (secondary N) is 3. The number of pyridine rings is 2. The second-order valence-electron chi connectivity index (χ2n) is 13.6. The number of halogens is 1. The van der Waals surface area contributed by atoms with Gasteiger partial charge in [-0.05, 0) is 80.7 Å². The first-order valence-electron chi connectivity index (χ1n) is 15.0. The van der Waals surface area contributed by atoms with E-state index in [1.807, 2.05) is 4.72 Å². The zero-order chi connectivity index (χ0) is 31.9. The van der Waals surface area contributed by atoms with E-state index in [1.54, 1.807) is 24.4 Å². The third-order valence-corrected chi connectivity index (χ3v) is 11.1. The van der Waals surface area contributed by atoms with E-state index in [2.05, 4.69) is 67.2 Å². The maximum atomic E-state index is 13.0. The Kier molecular flexibility index (Phi) is 8.73. The summed E-state index contributed by atoms with van der Waals surface area (Å²) in [5, 5.41) is 10.7. The highest BCUT2D eigenvalue weighted by atomic mass is 35.5. The molecule has 0 aromatic carbocycles. The van der Waals surface area contributed by atoms with Crippen molar-refractivity contribution in [1.82, 2.24) is 29.8 Å². The molecule has 3 aromatic heterocycles. The van der Waals surface area contributed by atoms with Gasteiger partial charge >= 0.3 is 0 Å². The maximum absolute atomic E-state index is 13.0. The number of carbonyl (C=O) groups excluding carboxylic acids is 1. The number of hydrogen-bond donors (Lipinski definition) is 3. The SMILES string of the molecule is CC1(C)C[C@H](CCCNc2cccc(S(=O)(=O)NC(=O)c3ccc(-n4ccc(OCC5C(C)(C)C5(C)C)n4)nc3Cl)n2)CN1.